The topological polar surface area (TPSA) is 65.8 Å². The zero-order chi connectivity index (χ0) is 25.7. The second kappa shape index (κ2) is 9.64. The maximum absolute atomic E-state index is 13.8. The Hall–Kier alpha value is -3.12. The van der Waals surface area contributed by atoms with Crippen LogP contribution >= 0.6 is 0 Å². The van der Waals surface area contributed by atoms with Crippen LogP contribution in [-0.4, -0.2) is 52.6 Å². The molecule has 37 heavy (non-hydrogen) atoms. The van der Waals surface area contributed by atoms with Gasteiger partial charge in [-0.2, -0.15) is 0 Å². The predicted octanol–water partition coefficient (Wildman–Crippen LogP) is 6.23. The molecule has 0 bridgehead atoms. The second-order valence-corrected chi connectivity index (χ2v) is 10.9. The summed E-state index contributed by atoms with van der Waals surface area (Å²) in [6, 6.07) is 12.1. The van der Waals surface area contributed by atoms with E-state index in [1.807, 2.05) is 12.1 Å². The van der Waals surface area contributed by atoms with E-state index in [0.717, 1.165) is 67.8 Å². The molecule has 0 saturated heterocycles. The van der Waals surface area contributed by atoms with Crippen LogP contribution in [0.1, 0.15) is 85.7 Å². The van der Waals surface area contributed by atoms with Crippen molar-refractivity contribution in [2.45, 2.75) is 70.8 Å². The number of anilines is 1. The molecule has 1 N–H and O–H groups in total. The molecule has 194 valence electrons. The summed E-state index contributed by atoms with van der Waals surface area (Å²) >= 11 is 0. The van der Waals surface area contributed by atoms with Gasteiger partial charge in [0.25, 0.3) is 0 Å². The highest BCUT2D eigenvalue weighted by Crippen LogP contribution is 2.51. The Morgan fingerprint density at radius 2 is 1.81 bits per heavy atom. The summed E-state index contributed by atoms with van der Waals surface area (Å²) in [5.41, 5.74) is 7.30. The van der Waals surface area contributed by atoms with Gasteiger partial charge in [-0.3, -0.25) is 4.79 Å². The molecular formula is C31H37N3O3. The number of nitrogens with zero attached hydrogens (tertiary/aromatic N) is 3. The van der Waals surface area contributed by atoms with Crippen molar-refractivity contribution in [2.24, 2.45) is 0 Å². The number of rotatable bonds is 6. The first-order chi connectivity index (χ1) is 18.0. The number of carboxylic acid groups (broad SMARTS) is 1. The van der Waals surface area contributed by atoms with Gasteiger partial charge in [0.1, 0.15) is 0 Å². The molecule has 2 aliphatic heterocycles. The molecule has 1 amide bonds. The normalized spacial score (nSPS) is 19.7. The fourth-order valence-corrected chi connectivity index (χ4v) is 7.13. The Kier molecular flexibility index (Phi) is 6.31. The van der Waals surface area contributed by atoms with Crippen LogP contribution in [0.15, 0.2) is 36.4 Å². The molecule has 3 heterocycles. The smallest absolute Gasteiger partial charge is 0.335 e. The zero-order valence-corrected chi connectivity index (χ0v) is 22.0. The first kappa shape index (κ1) is 24.2. The second-order valence-electron chi connectivity index (χ2n) is 10.9. The number of likely N-dealkylation sites (N-methyl/N-ethyl adjacent to an activating group) is 1. The van der Waals surface area contributed by atoms with E-state index >= 15 is 0 Å². The molecule has 1 atom stereocenters. The molecule has 0 spiro atoms. The monoisotopic (exact) mass is 499 g/mol. The van der Waals surface area contributed by atoms with E-state index in [4.69, 9.17) is 0 Å². The fourth-order valence-electron chi connectivity index (χ4n) is 7.13. The Morgan fingerprint density at radius 3 is 2.54 bits per heavy atom. The highest BCUT2D eigenvalue weighted by Gasteiger charge is 2.41. The number of aromatic carboxylic acids is 1. The number of hydrogen-bond acceptors (Lipinski definition) is 3. The molecule has 6 heteroatoms. The standard InChI is InChI=1S/C31H37N3O3/c1-3-32(4-2)19-25-22-12-8-13-24-28(22)34(30(25)35)17-9-16-33-26-18-21(31(36)37)14-15-23(26)27(29(24)33)20-10-6-5-7-11-20/h8,12-15,18,20,25H,3-7,9-11,16-17,19H2,1-2H3,(H,36,37). The van der Waals surface area contributed by atoms with Crippen molar-refractivity contribution in [3.63, 3.8) is 0 Å². The Morgan fingerprint density at radius 1 is 1.03 bits per heavy atom. The van der Waals surface area contributed by atoms with Gasteiger partial charge in [0.15, 0.2) is 0 Å². The van der Waals surface area contributed by atoms with E-state index in [-0.39, 0.29) is 11.8 Å². The van der Waals surface area contributed by atoms with Crippen LogP contribution in [0.2, 0.25) is 0 Å². The van der Waals surface area contributed by atoms with Crippen molar-refractivity contribution in [2.75, 3.05) is 31.1 Å². The molecule has 1 unspecified atom stereocenters. The lowest BCUT2D eigenvalue weighted by Crippen LogP contribution is -2.36. The highest BCUT2D eigenvalue weighted by atomic mass is 16.4. The third-order valence-corrected chi connectivity index (χ3v) is 8.99. The van der Waals surface area contributed by atoms with Crippen LogP contribution < -0.4 is 4.90 Å². The van der Waals surface area contributed by atoms with Crippen LogP contribution in [0.3, 0.4) is 0 Å². The molecular weight excluding hydrogens is 462 g/mol. The molecule has 1 fully saturated rings. The van der Waals surface area contributed by atoms with Gasteiger partial charge >= 0.3 is 5.97 Å². The SMILES string of the molecule is CCN(CC)CC1C(=O)N2CCCn3c(c(C4CCCCC4)c4ccc(C(=O)O)cc43)-c3cccc1c32. The molecule has 3 aromatic rings. The van der Waals surface area contributed by atoms with Crippen molar-refractivity contribution in [1.82, 2.24) is 9.47 Å². The van der Waals surface area contributed by atoms with Crippen LogP contribution in [-0.2, 0) is 11.3 Å². The first-order valence-corrected chi connectivity index (χ1v) is 14.1. The average Bonchev–Trinajstić information content (AvgIpc) is 3.37. The molecule has 0 radical (unpaired) electrons. The quantitative estimate of drug-likeness (QED) is 0.437. The number of aromatic nitrogens is 1. The summed E-state index contributed by atoms with van der Waals surface area (Å²) in [5, 5.41) is 10.9. The fraction of sp³-hybridized carbons (Fsp3) is 0.484. The maximum atomic E-state index is 13.8. The molecule has 1 aromatic heterocycles. The molecule has 1 saturated carbocycles. The van der Waals surface area contributed by atoms with Gasteiger partial charge in [-0.1, -0.05) is 57.4 Å². The highest BCUT2D eigenvalue weighted by molar-refractivity contribution is 6.10. The molecule has 2 aromatic carbocycles. The van der Waals surface area contributed by atoms with Crippen LogP contribution in [0.5, 0.6) is 0 Å². The average molecular weight is 500 g/mol. The first-order valence-electron chi connectivity index (χ1n) is 14.1. The molecule has 1 aliphatic carbocycles. The number of carbonyl (C=O) groups excluding carboxylic acids is 1. The third-order valence-electron chi connectivity index (χ3n) is 8.99. The predicted molar refractivity (Wildman–Crippen MR) is 148 cm³/mol. The van der Waals surface area contributed by atoms with Crippen molar-refractivity contribution in [1.29, 1.82) is 0 Å². The van der Waals surface area contributed by atoms with Gasteiger partial charge < -0.3 is 19.5 Å². The number of amides is 1. The summed E-state index contributed by atoms with van der Waals surface area (Å²) in [6.07, 6.45) is 6.91. The number of para-hydroxylation sites is 1. The molecule has 6 nitrogen and oxygen atoms in total. The summed E-state index contributed by atoms with van der Waals surface area (Å²) in [6.45, 7) is 8.39. The lowest BCUT2D eigenvalue weighted by atomic mass is 9.81. The number of carbonyl (C=O) groups is 2. The lowest BCUT2D eigenvalue weighted by molar-refractivity contribution is -0.119. The Balaban J connectivity index is 1.61. The largest absolute Gasteiger partial charge is 0.478 e. The van der Waals surface area contributed by atoms with E-state index in [1.165, 1.54) is 35.9 Å². The van der Waals surface area contributed by atoms with Crippen LogP contribution in [0, 0.1) is 0 Å². The minimum atomic E-state index is -0.890. The van der Waals surface area contributed by atoms with E-state index in [2.05, 4.69) is 46.4 Å². The summed E-state index contributed by atoms with van der Waals surface area (Å²) in [5.74, 6) is -0.344. The van der Waals surface area contributed by atoms with E-state index in [9.17, 15) is 14.7 Å². The third kappa shape index (κ3) is 3.88. The Labute approximate surface area is 218 Å². The van der Waals surface area contributed by atoms with Crippen molar-refractivity contribution in [3.05, 3.63) is 53.1 Å². The number of fused-ring (bicyclic) bond motifs is 4. The van der Waals surface area contributed by atoms with Gasteiger partial charge in [0.05, 0.1) is 22.9 Å². The van der Waals surface area contributed by atoms with Crippen molar-refractivity contribution < 1.29 is 14.7 Å². The van der Waals surface area contributed by atoms with Gasteiger partial charge in [0.2, 0.25) is 5.91 Å². The minimum absolute atomic E-state index is 0.137. The number of hydrogen-bond donors (Lipinski definition) is 1. The van der Waals surface area contributed by atoms with Gasteiger partial charge in [-0.15, -0.1) is 0 Å². The number of benzene rings is 2. The van der Waals surface area contributed by atoms with Gasteiger partial charge in [0, 0.05) is 36.1 Å². The molecule has 3 aliphatic rings. The Bertz CT molecular complexity index is 1360. The van der Waals surface area contributed by atoms with Gasteiger partial charge in [-0.05, 0) is 61.5 Å². The van der Waals surface area contributed by atoms with E-state index < -0.39 is 5.97 Å². The number of carboxylic acids is 1. The van der Waals surface area contributed by atoms with Crippen LogP contribution in [0.25, 0.3) is 22.2 Å². The van der Waals surface area contributed by atoms with E-state index in [1.54, 1.807) is 6.07 Å². The van der Waals surface area contributed by atoms with Crippen molar-refractivity contribution >= 4 is 28.5 Å². The molecule has 6 rings (SSSR count). The van der Waals surface area contributed by atoms with Gasteiger partial charge in [-0.25, -0.2) is 4.79 Å². The van der Waals surface area contributed by atoms with Crippen molar-refractivity contribution in [3.8, 4) is 11.3 Å². The summed E-state index contributed by atoms with van der Waals surface area (Å²) in [7, 11) is 0. The van der Waals surface area contributed by atoms with Crippen LogP contribution in [0.4, 0.5) is 5.69 Å². The maximum Gasteiger partial charge on any atom is 0.335 e. The lowest BCUT2D eigenvalue weighted by Gasteiger charge is -2.28. The summed E-state index contributed by atoms with van der Waals surface area (Å²) < 4.78 is 2.38. The van der Waals surface area contributed by atoms with E-state index in [0.29, 0.717) is 18.0 Å². The number of aryl methyl sites for hydroxylation is 1. The minimum Gasteiger partial charge on any atom is -0.478 e. The summed E-state index contributed by atoms with van der Waals surface area (Å²) in [4.78, 5) is 30.1. The zero-order valence-electron chi connectivity index (χ0n) is 22.0.